The van der Waals surface area contributed by atoms with Crippen LogP contribution in [0.15, 0.2) is 132 Å². The summed E-state index contributed by atoms with van der Waals surface area (Å²) in [6.45, 7) is 12.5. The van der Waals surface area contributed by atoms with Gasteiger partial charge >= 0.3 is 0 Å². The molecule has 0 aliphatic carbocycles. The minimum Gasteiger partial charge on any atom is -0.486 e. The van der Waals surface area contributed by atoms with Crippen LogP contribution in [-0.2, 0) is 20.1 Å². The van der Waals surface area contributed by atoms with Gasteiger partial charge < -0.3 is 14.4 Å². The number of furan rings is 1. The molecule has 5 heteroatoms. The Labute approximate surface area is 330 Å². The summed E-state index contributed by atoms with van der Waals surface area (Å²) in [5.41, 5.74) is 17.0. The molecule has 1 radical (unpaired) electrons. The van der Waals surface area contributed by atoms with Crippen molar-refractivity contribution in [1.82, 2.24) is 15.0 Å². The first-order valence-corrected chi connectivity index (χ1v) is 17.9. The van der Waals surface area contributed by atoms with Gasteiger partial charge in [0.2, 0.25) is 5.71 Å². The van der Waals surface area contributed by atoms with Crippen molar-refractivity contribution >= 4 is 32.8 Å². The molecule has 0 aliphatic rings. The van der Waals surface area contributed by atoms with Gasteiger partial charge in [0.05, 0.1) is 5.58 Å². The topological polar surface area (TPSA) is 51.8 Å². The van der Waals surface area contributed by atoms with E-state index in [0.717, 1.165) is 55.7 Å². The zero-order valence-corrected chi connectivity index (χ0v) is 33.6. The first-order chi connectivity index (χ1) is 25.7. The Bertz CT molecular complexity index is 2790. The molecule has 0 N–H and O–H groups in total. The molecule has 0 saturated heterocycles. The van der Waals surface area contributed by atoms with Gasteiger partial charge in [-0.25, -0.2) is 4.98 Å². The number of aryl methyl sites for hydroxylation is 6. The van der Waals surface area contributed by atoms with Crippen molar-refractivity contribution in [3.8, 4) is 44.8 Å². The molecule has 0 unspecified atom stereocenters. The molecule has 0 aliphatic heterocycles. The fourth-order valence-corrected chi connectivity index (χ4v) is 6.88. The standard InChI is InChI=1S/C35H25N2O.C14H14N.Ir/c1-21-20-36-33(31-11-7-10-29-30-15-12-22(2)37-35(30)38-34(29)31)19-32(21)28-17-14-26-18-25(13-16-27(26)23(28)3)24-8-5-4-6-9-24;1-10-4-6-13(7-5-10)14-8-11(2)12(3)9-15-14;/h4-10,12-20H,1-3H3;4-6,8-9H,1-3H3;/q2*-1;. The van der Waals surface area contributed by atoms with Gasteiger partial charge in [-0.05, 0) is 114 Å². The fourth-order valence-electron chi connectivity index (χ4n) is 6.88. The predicted octanol–water partition coefficient (Wildman–Crippen LogP) is 12.7. The molecule has 4 heterocycles. The molecule has 0 amide bonds. The van der Waals surface area contributed by atoms with Crippen LogP contribution >= 0.6 is 0 Å². The van der Waals surface area contributed by atoms with Crippen molar-refractivity contribution in [3.05, 3.63) is 173 Å². The Morgan fingerprint density at radius 3 is 2.13 bits per heavy atom. The van der Waals surface area contributed by atoms with E-state index >= 15 is 0 Å². The predicted molar refractivity (Wildman–Crippen MR) is 219 cm³/mol. The van der Waals surface area contributed by atoms with E-state index in [1.807, 2.05) is 43.6 Å². The van der Waals surface area contributed by atoms with Crippen molar-refractivity contribution < 1.29 is 24.5 Å². The molecule has 0 saturated carbocycles. The van der Waals surface area contributed by atoms with Crippen LogP contribution in [0.2, 0.25) is 0 Å². The first kappa shape index (κ1) is 36.6. The minimum absolute atomic E-state index is 0. The second-order valence-electron chi connectivity index (χ2n) is 13.9. The molecular formula is C49H39IrN3O-2. The summed E-state index contributed by atoms with van der Waals surface area (Å²) in [5, 5.41) is 4.53. The van der Waals surface area contributed by atoms with E-state index in [-0.39, 0.29) is 20.1 Å². The third kappa shape index (κ3) is 7.13. The van der Waals surface area contributed by atoms with Crippen LogP contribution in [-0.4, -0.2) is 15.0 Å². The van der Waals surface area contributed by atoms with E-state index in [1.54, 1.807) is 0 Å². The summed E-state index contributed by atoms with van der Waals surface area (Å²) in [5.74, 6) is 0. The van der Waals surface area contributed by atoms with Crippen molar-refractivity contribution in [2.75, 3.05) is 0 Å². The SMILES string of the molecule is Cc1c[c-]c(-c2cc(C)c(C)cn2)cc1.Cc1ccc2c(n1)oc1c(-c3cc(-c4ccc5cc(-c6ccccc6)ccc5c4C)c(C)cn3)[c-]ccc12.[Ir]. The zero-order valence-electron chi connectivity index (χ0n) is 31.2. The number of pyridine rings is 3. The molecule has 5 aromatic carbocycles. The third-order valence-electron chi connectivity index (χ3n) is 10.1. The van der Waals surface area contributed by atoms with Gasteiger partial charge in [0, 0.05) is 43.6 Å². The summed E-state index contributed by atoms with van der Waals surface area (Å²) >= 11 is 0. The Kier molecular flexibility index (Phi) is 10.4. The normalized spacial score (nSPS) is 11.0. The second kappa shape index (κ2) is 15.3. The number of benzene rings is 5. The number of aromatic nitrogens is 3. The van der Waals surface area contributed by atoms with Crippen molar-refractivity contribution in [2.45, 2.75) is 41.5 Å². The summed E-state index contributed by atoms with van der Waals surface area (Å²) < 4.78 is 6.24. The van der Waals surface area contributed by atoms with Crippen LogP contribution in [0.25, 0.3) is 77.6 Å². The van der Waals surface area contributed by atoms with Gasteiger partial charge in [-0.1, -0.05) is 90.2 Å². The van der Waals surface area contributed by atoms with Crippen molar-refractivity contribution in [1.29, 1.82) is 0 Å². The molecule has 267 valence electrons. The molecule has 0 fully saturated rings. The molecule has 0 spiro atoms. The number of rotatable bonds is 4. The van der Waals surface area contributed by atoms with Crippen LogP contribution in [0.3, 0.4) is 0 Å². The minimum atomic E-state index is 0. The number of hydrogen-bond donors (Lipinski definition) is 0. The molecule has 4 nitrogen and oxygen atoms in total. The summed E-state index contributed by atoms with van der Waals surface area (Å²) in [6.07, 6.45) is 3.86. The Morgan fingerprint density at radius 1 is 0.574 bits per heavy atom. The number of nitrogens with zero attached hydrogens (tertiary/aromatic N) is 3. The van der Waals surface area contributed by atoms with Gasteiger partial charge in [0.25, 0.3) is 0 Å². The van der Waals surface area contributed by atoms with Crippen LogP contribution in [0.4, 0.5) is 0 Å². The van der Waals surface area contributed by atoms with Crippen molar-refractivity contribution in [3.63, 3.8) is 0 Å². The molecular weight excluding hydrogens is 839 g/mol. The second-order valence-corrected chi connectivity index (χ2v) is 13.9. The average molecular weight is 878 g/mol. The Morgan fingerprint density at radius 2 is 1.35 bits per heavy atom. The van der Waals surface area contributed by atoms with Crippen LogP contribution in [0, 0.1) is 53.7 Å². The molecule has 9 aromatic rings. The van der Waals surface area contributed by atoms with Crippen LogP contribution in [0.1, 0.15) is 33.5 Å². The first-order valence-electron chi connectivity index (χ1n) is 17.9. The van der Waals surface area contributed by atoms with Gasteiger partial charge in [-0.15, -0.1) is 53.6 Å². The number of hydrogen-bond acceptors (Lipinski definition) is 4. The van der Waals surface area contributed by atoms with Gasteiger partial charge in [-0.2, -0.15) is 0 Å². The summed E-state index contributed by atoms with van der Waals surface area (Å²) in [4.78, 5) is 13.8. The molecule has 0 atom stereocenters. The maximum absolute atomic E-state index is 6.24. The monoisotopic (exact) mass is 878 g/mol. The van der Waals surface area contributed by atoms with E-state index in [2.05, 4.69) is 148 Å². The molecule has 54 heavy (non-hydrogen) atoms. The fraction of sp³-hybridized carbons (Fsp3) is 0.122. The quantitative estimate of drug-likeness (QED) is 0.165. The maximum Gasteiger partial charge on any atom is 0.216 e. The molecule has 4 aromatic heterocycles. The molecule has 0 bridgehead atoms. The maximum atomic E-state index is 6.24. The summed E-state index contributed by atoms with van der Waals surface area (Å²) in [6, 6.07) is 46.8. The third-order valence-corrected chi connectivity index (χ3v) is 10.1. The molecule has 9 rings (SSSR count). The zero-order chi connectivity index (χ0) is 36.6. The van der Waals surface area contributed by atoms with E-state index in [0.29, 0.717) is 5.71 Å². The van der Waals surface area contributed by atoms with E-state index in [1.165, 1.54) is 49.7 Å². The van der Waals surface area contributed by atoms with Crippen LogP contribution < -0.4 is 0 Å². The van der Waals surface area contributed by atoms with Gasteiger partial charge in [0.15, 0.2) is 0 Å². The van der Waals surface area contributed by atoms with Crippen molar-refractivity contribution in [2.24, 2.45) is 0 Å². The van der Waals surface area contributed by atoms with E-state index < -0.39 is 0 Å². The largest absolute Gasteiger partial charge is 0.486 e. The van der Waals surface area contributed by atoms with Crippen LogP contribution in [0.5, 0.6) is 0 Å². The smallest absolute Gasteiger partial charge is 0.216 e. The van der Waals surface area contributed by atoms with E-state index in [4.69, 9.17) is 9.40 Å². The Balaban J connectivity index is 0.000000237. The number of fused-ring (bicyclic) bond motifs is 4. The van der Waals surface area contributed by atoms with Gasteiger partial charge in [0.1, 0.15) is 0 Å². The Hall–Kier alpha value is -5.74. The summed E-state index contributed by atoms with van der Waals surface area (Å²) in [7, 11) is 0. The average Bonchev–Trinajstić information content (AvgIpc) is 3.55. The van der Waals surface area contributed by atoms with E-state index in [9.17, 15) is 0 Å². The van der Waals surface area contributed by atoms with Gasteiger partial charge in [-0.3, -0.25) is 0 Å².